The molecule has 1 aliphatic carbocycles. The van der Waals surface area contributed by atoms with Gasteiger partial charge in [-0.05, 0) is 61.9 Å². The second-order valence-corrected chi connectivity index (χ2v) is 6.38. The molecule has 110 valence electrons. The second kappa shape index (κ2) is 6.03. The molecular formula is C20H25N. The van der Waals surface area contributed by atoms with Gasteiger partial charge in [0.1, 0.15) is 0 Å². The highest BCUT2D eigenvalue weighted by atomic mass is 14.9. The van der Waals surface area contributed by atoms with Crippen LogP contribution in [0.25, 0.3) is 0 Å². The van der Waals surface area contributed by atoms with Gasteiger partial charge in [-0.15, -0.1) is 0 Å². The summed E-state index contributed by atoms with van der Waals surface area (Å²) < 4.78 is 0. The largest absolute Gasteiger partial charge is 0.309 e. The number of benzene rings is 2. The van der Waals surface area contributed by atoms with Gasteiger partial charge in [-0.1, -0.05) is 54.4 Å². The van der Waals surface area contributed by atoms with Crippen molar-refractivity contribution in [2.45, 2.75) is 45.1 Å². The summed E-state index contributed by atoms with van der Waals surface area (Å²) in [5, 5.41) is 3.50. The van der Waals surface area contributed by atoms with E-state index in [9.17, 15) is 0 Å². The average Bonchev–Trinajstić information content (AvgIpc) is 2.42. The van der Waals surface area contributed by atoms with Crippen molar-refractivity contribution >= 4 is 0 Å². The van der Waals surface area contributed by atoms with Crippen LogP contribution < -0.4 is 5.32 Å². The van der Waals surface area contributed by atoms with Crippen LogP contribution in [0.15, 0.2) is 42.5 Å². The van der Waals surface area contributed by atoms with Crippen molar-refractivity contribution in [1.82, 2.24) is 5.32 Å². The van der Waals surface area contributed by atoms with E-state index in [0.29, 0.717) is 0 Å². The van der Waals surface area contributed by atoms with Gasteiger partial charge in [-0.2, -0.15) is 0 Å². The van der Waals surface area contributed by atoms with Crippen molar-refractivity contribution in [1.29, 1.82) is 0 Å². The summed E-state index contributed by atoms with van der Waals surface area (Å²) in [4.78, 5) is 0. The molecule has 2 aromatic rings. The Balaban J connectivity index is 1.97. The van der Waals surface area contributed by atoms with E-state index in [1.807, 2.05) is 0 Å². The maximum Gasteiger partial charge on any atom is 0.0577 e. The Morgan fingerprint density at radius 3 is 2.52 bits per heavy atom. The molecule has 3 rings (SSSR count). The van der Waals surface area contributed by atoms with Crippen molar-refractivity contribution in [2.75, 3.05) is 7.05 Å². The predicted molar refractivity (Wildman–Crippen MR) is 89.9 cm³/mol. The highest BCUT2D eigenvalue weighted by molar-refractivity contribution is 5.41. The zero-order valence-corrected chi connectivity index (χ0v) is 13.3. The van der Waals surface area contributed by atoms with Gasteiger partial charge in [-0.25, -0.2) is 0 Å². The van der Waals surface area contributed by atoms with Gasteiger partial charge in [0.2, 0.25) is 0 Å². The van der Waals surface area contributed by atoms with Crippen LogP contribution in [-0.4, -0.2) is 7.05 Å². The molecule has 1 nitrogen and oxygen atoms in total. The van der Waals surface area contributed by atoms with Crippen molar-refractivity contribution in [3.63, 3.8) is 0 Å². The molecule has 0 saturated heterocycles. The van der Waals surface area contributed by atoms with Gasteiger partial charge >= 0.3 is 0 Å². The Morgan fingerprint density at radius 2 is 1.86 bits per heavy atom. The SMILES string of the molecule is CNC(c1cccc(C2CCC2)c1)c1cc(C)ccc1C. The minimum absolute atomic E-state index is 0.282. The lowest BCUT2D eigenvalue weighted by Gasteiger charge is -2.27. The van der Waals surface area contributed by atoms with Crippen molar-refractivity contribution < 1.29 is 0 Å². The van der Waals surface area contributed by atoms with Gasteiger partial charge in [0.25, 0.3) is 0 Å². The van der Waals surface area contributed by atoms with E-state index in [1.54, 1.807) is 0 Å². The Bertz CT molecular complexity index is 625. The molecule has 0 aliphatic heterocycles. The molecule has 0 radical (unpaired) electrons. The van der Waals surface area contributed by atoms with Crippen LogP contribution in [-0.2, 0) is 0 Å². The van der Waals surface area contributed by atoms with Crippen LogP contribution in [0.3, 0.4) is 0 Å². The van der Waals surface area contributed by atoms with Crippen LogP contribution in [0.5, 0.6) is 0 Å². The molecule has 0 spiro atoms. The predicted octanol–water partition coefficient (Wildman–Crippen LogP) is 4.88. The maximum atomic E-state index is 3.50. The lowest BCUT2D eigenvalue weighted by atomic mass is 9.79. The Labute approximate surface area is 128 Å². The molecule has 1 aliphatic rings. The zero-order valence-electron chi connectivity index (χ0n) is 13.3. The summed E-state index contributed by atoms with van der Waals surface area (Å²) in [6, 6.07) is 16.2. The van der Waals surface area contributed by atoms with Gasteiger partial charge < -0.3 is 5.32 Å². The standard InChI is InChI=1S/C20H25N/c1-14-10-11-15(2)19(12-14)20(21-3)18-9-5-8-17(13-18)16-6-4-7-16/h5,8-13,16,20-21H,4,6-7H2,1-3H3. The molecule has 1 unspecified atom stereocenters. The normalized spacial score (nSPS) is 16.5. The number of rotatable bonds is 4. The zero-order chi connectivity index (χ0) is 14.8. The van der Waals surface area contributed by atoms with Gasteiger partial charge in [0.15, 0.2) is 0 Å². The summed E-state index contributed by atoms with van der Waals surface area (Å²) in [7, 11) is 2.06. The minimum Gasteiger partial charge on any atom is -0.309 e. The average molecular weight is 279 g/mol. The van der Waals surface area contributed by atoms with E-state index in [1.165, 1.54) is 47.1 Å². The van der Waals surface area contributed by atoms with Crippen LogP contribution >= 0.6 is 0 Å². The van der Waals surface area contributed by atoms with Crippen LogP contribution in [0.1, 0.15) is 59.0 Å². The van der Waals surface area contributed by atoms with E-state index in [2.05, 4.69) is 68.7 Å². The Kier molecular flexibility index (Phi) is 4.12. The molecule has 1 fully saturated rings. The minimum atomic E-state index is 0.282. The van der Waals surface area contributed by atoms with Gasteiger partial charge in [0, 0.05) is 0 Å². The molecular weight excluding hydrogens is 254 g/mol. The highest BCUT2D eigenvalue weighted by Gasteiger charge is 2.21. The molecule has 1 N–H and O–H groups in total. The molecule has 0 aromatic heterocycles. The molecule has 2 aromatic carbocycles. The first-order valence-corrected chi connectivity index (χ1v) is 8.03. The van der Waals surface area contributed by atoms with Crippen LogP contribution in [0.4, 0.5) is 0 Å². The third-order valence-corrected chi connectivity index (χ3v) is 4.86. The first kappa shape index (κ1) is 14.3. The third kappa shape index (κ3) is 2.89. The highest BCUT2D eigenvalue weighted by Crippen LogP contribution is 2.37. The first-order valence-electron chi connectivity index (χ1n) is 8.03. The van der Waals surface area contributed by atoms with E-state index >= 15 is 0 Å². The van der Waals surface area contributed by atoms with Gasteiger partial charge in [-0.3, -0.25) is 0 Å². The summed E-state index contributed by atoms with van der Waals surface area (Å²) >= 11 is 0. The van der Waals surface area contributed by atoms with Gasteiger partial charge in [0.05, 0.1) is 6.04 Å². The van der Waals surface area contributed by atoms with Crippen molar-refractivity contribution in [3.8, 4) is 0 Å². The quantitative estimate of drug-likeness (QED) is 0.841. The van der Waals surface area contributed by atoms with Crippen LogP contribution in [0.2, 0.25) is 0 Å². The Hall–Kier alpha value is -1.60. The first-order chi connectivity index (χ1) is 10.2. The third-order valence-electron chi connectivity index (χ3n) is 4.86. The van der Waals surface area contributed by atoms with Crippen molar-refractivity contribution in [2.24, 2.45) is 0 Å². The van der Waals surface area contributed by atoms with E-state index in [-0.39, 0.29) is 6.04 Å². The summed E-state index contributed by atoms with van der Waals surface area (Å²) in [6.07, 6.45) is 4.11. The lowest BCUT2D eigenvalue weighted by molar-refractivity contribution is 0.419. The smallest absolute Gasteiger partial charge is 0.0577 e. The van der Waals surface area contributed by atoms with E-state index in [4.69, 9.17) is 0 Å². The molecule has 1 saturated carbocycles. The summed E-state index contributed by atoms with van der Waals surface area (Å²) in [5.74, 6) is 0.793. The second-order valence-electron chi connectivity index (χ2n) is 6.38. The fraction of sp³-hybridized carbons (Fsp3) is 0.400. The topological polar surface area (TPSA) is 12.0 Å². The molecule has 0 heterocycles. The van der Waals surface area contributed by atoms with E-state index < -0.39 is 0 Å². The van der Waals surface area contributed by atoms with Crippen molar-refractivity contribution in [3.05, 3.63) is 70.3 Å². The maximum absolute atomic E-state index is 3.50. The molecule has 1 atom stereocenters. The summed E-state index contributed by atoms with van der Waals surface area (Å²) in [6.45, 7) is 4.37. The fourth-order valence-electron chi connectivity index (χ4n) is 3.31. The van der Waals surface area contributed by atoms with E-state index in [0.717, 1.165) is 5.92 Å². The molecule has 1 heteroatoms. The fourth-order valence-corrected chi connectivity index (χ4v) is 3.31. The Morgan fingerprint density at radius 1 is 1.05 bits per heavy atom. The van der Waals surface area contributed by atoms with Crippen LogP contribution in [0, 0.1) is 13.8 Å². The molecule has 0 bridgehead atoms. The number of aryl methyl sites for hydroxylation is 2. The molecule has 21 heavy (non-hydrogen) atoms. The summed E-state index contributed by atoms with van der Waals surface area (Å²) in [5.41, 5.74) is 6.98. The molecule has 0 amide bonds. The number of nitrogens with one attached hydrogen (secondary N) is 1. The number of hydrogen-bond donors (Lipinski definition) is 1. The monoisotopic (exact) mass is 279 g/mol. The lowest BCUT2D eigenvalue weighted by Crippen LogP contribution is -2.19. The number of hydrogen-bond acceptors (Lipinski definition) is 1.